The quantitative estimate of drug-likeness (QED) is 0.540. The summed E-state index contributed by atoms with van der Waals surface area (Å²) < 4.78 is 39.8. The molecule has 0 atom stereocenters. The highest BCUT2D eigenvalue weighted by atomic mass is 32.1. The Labute approximate surface area is 161 Å². The molecule has 0 spiro atoms. The Morgan fingerprint density at radius 1 is 1.14 bits per heavy atom. The minimum absolute atomic E-state index is 0.0788. The van der Waals surface area contributed by atoms with E-state index in [4.69, 9.17) is 0 Å². The first-order chi connectivity index (χ1) is 13.4. The van der Waals surface area contributed by atoms with Crippen LogP contribution in [0.25, 0.3) is 16.0 Å². The number of carbonyl (C=O) groups is 1. The van der Waals surface area contributed by atoms with Crippen LogP contribution >= 0.6 is 11.3 Å². The van der Waals surface area contributed by atoms with E-state index in [1.165, 1.54) is 0 Å². The largest absolute Gasteiger partial charge is 0.432 e. The Morgan fingerprint density at radius 3 is 2.68 bits per heavy atom. The monoisotopic (exact) mass is 402 g/mol. The van der Waals surface area contributed by atoms with Crippen molar-refractivity contribution in [3.8, 4) is 11.1 Å². The molecular formula is C19H13F3N4OS. The number of fused-ring (bicyclic) bond motifs is 1. The van der Waals surface area contributed by atoms with Gasteiger partial charge in [0.1, 0.15) is 16.9 Å². The molecule has 5 nitrogen and oxygen atoms in total. The van der Waals surface area contributed by atoms with Crippen molar-refractivity contribution in [2.75, 3.05) is 5.32 Å². The molecule has 0 aliphatic heterocycles. The molecule has 9 heteroatoms. The van der Waals surface area contributed by atoms with E-state index < -0.39 is 11.9 Å². The van der Waals surface area contributed by atoms with E-state index in [0.717, 1.165) is 44.1 Å². The van der Waals surface area contributed by atoms with Crippen LogP contribution in [0.3, 0.4) is 0 Å². The van der Waals surface area contributed by atoms with Crippen molar-refractivity contribution < 1.29 is 18.0 Å². The molecule has 4 aromatic rings. The number of thiazole rings is 1. The van der Waals surface area contributed by atoms with Crippen LogP contribution in [0.15, 0.2) is 60.5 Å². The highest BCUT2D eigenvalue weighted by molar-refractivity contribution is 7.16. The number of benzene rings is 1. The Bertz CT molecular complexity index is 1140. The number of carbonyl (C=O) groups excluding carboxylic acids is 1. The minimum Gasteiger partial charge on any atom is -0.308 e. The van der Waals surface area contributed by atoms with Gasteiger partial charge in [0, 0.05) is 17.8 Å². The number of imidazole rings is 1. The van der Waals surface area contributed by atoms with Crippen molar-refractivity contribution in [1.29, 1.82) is 0 Å². The lowest BCUT2D eigenvalue weighted by atomic mass is 10.0. The summed E-state index contributed by atoms with van der Waals surface area (Å²) in [6, 6.07) is 11.2. The van der Waals surface area contributed by atoms with Crippen molar-refractivity contribution in [2.45, 2.75) is 12.6 Å². The van der Waals surface area contributed by atoms with Gasteiger partial charge in [0.15, 0.2) is 5.82 Å². The van der Waals surface area contributed by atoms with Crippen LogP contribution in [-0.2, 0) is 17.4 Å². The molecule has 142 valence electrons. The van der Waals surface area contributed by atoms with Gasteiger partial charge in [-0.05, 0) is 28.8 Å². The molecule has 0 unspecified atom stereocenters. The predicted molar refractivity (Wildman–Crippen MR) is 100 cm³/mol. The van der Waals surface area contributed by atoms with Gasteiger partial charge in [-0.1, -0.05) is 24.3 Å². The van der Waals surface area contributed by atoms with Gasteiger partial charge < -0.3 is 5.32 Å². The van der Waals surface area contributed by atoms with Crippen LogP contribution in [0.2, 0.25) is 0 Å². The molecule has 28 heavy (non-hydrogen) atoms. The smallest absolute Gasteiger partial charge is 0.308 e. The van der Waals surface area contributed by atoms with Crippen LogP contribution in [0.5, 0.6) is 0 Å². The van der Waals surface area contributed by atoms with Crippen molar-refractivity contribution in [3.05, 3.63) is 71.8 Å². The molecule has 0 radical (unpaired) electrons. The summed E-state index contributed by atoms with van der Waals surface area (Å²) in [5, 5.41) is 3.60. The van der Waals surface area contributed by atoms with Crippen LogP contribution in [0.1, 0.15) is 11.3 Å². The normalized spacial score (nSPS) is 11.7. The highest BCUT2D eigenvalue weighted by Crippen LogP contribution is 2.35. The number of hydrogen-bond acceptors (Lipinski definition) is 4. The molecule has 1 aromatic carbocycles. The first-order valence-corrected chi connectivity index (χ1v) is 9.11. The number of nitrogens with one attached hydrogen (secondary N) is 1. The second kappa shape index (κ2) is 7.08. The molecule has 0 saturated carbocycles. The van der Waals surface area contributed by atoms with E-state index in [1.54, 1.807) is 12.4 Å². The zero-order valence-corrected chi connectivity index (χ0v) is 15.1. The molecular weight excluding hydrogens is 389 g/mol. The molecule has 0 aliphatic rings. The van der Waals surface area contributed by atoms with Gasteiger partial charge in [0.2, 0.25) is 5.91 Å². The van der Waals surface area contributed by atoms with Gasteiger partial charge in [-0.15, -0.1) is 11.3 Å². The van der Waals surface area contributed by atoms with E-state index in [0.29, 0.717) is 0 Å². The zero-order chi connectivity index (χ0) is 19.7. The fraction of sp³-hybridized carbons (Fsp3) is 0.105. The van der Waals surface area contributed by atoms with Crippen LogP contribution in [-0.4, -0.2) is 20.3 Å². The maximum Gasteiger partial charge on any atom is 0.432 e. The Kier molecular flexibility index (Phi) is 4.60. The standard InChI is InChI=1S/C19H13F3N4OS/c20-19(21,22)15-10-28-18-17(24-11-26(15)18)25-16(27)9-12-2-1-3-14(8-12)13-4-6-23-7-5-13/h1-8,10-11H,9H2,(H,25,27). The van der Waals surface area contributed by atoms with E-state index in [-0.39, 0.29) is 23.0 Å². The average Bonchev–Trinajstić information content (AvgIpc) is 3.25. The van der Waals surface area contributed by atoms with Crippen molar-refractivity contribution in [1.82, 2.24) is 14.4 Å². The van der Waals surface area contributed by atoms with Gasteiger partial charge >= 0.3 is 6.18 Å². The first-order valence-electron chi connectivity index (χ1n) is 8.23. The topological polar surface area (TPSA) is 59.3 Å². The molecule has 0 bridgehead atoms. The lowest BCUT2D eigenvalue weighted by Gasteiger charge is -2.06. The van der Waals surface area contributed by atoms with Crippen molar-refractivity contribution in [3.63, 3.8) is 0 Å². The molecule has 1 N–H and O–H groups in total. The molecule has 0 fully saturated rings. The lowest BCUT2D eigenvalue weighted by molar-refractivity contribution is -0.141. The fourth-order valence-corrected chi connectivity index (χ4v) is 3.79. The Morgan fingerprint density at radius 2 is 1.93 bits per heavy atom. The Hall–Kier alpha value is -3.20. The van der Waals surface area contributed by atoms with Gasteiger partial charge in [0.25, 0.3) is 0 Å². The summed E-state index contributed by atoms with van der Waals surface area (Å²) in [7, 11) is 0. The van der Waals surface area contributed by atoms with Crippen LogP contribution in [0, 0.1) is 0 Å². The van der Waals surface area contributed by atoms with Crippen molar-refractivity contribution in [2.24, 2.45) is 0 Å². The summed E-state index contributed by atoms with van der Waals surface area (Å²) in [4.78, 5) is 20.5. The highest BCUT2D eigenvalue weighted by Gasteiger charge is 2.35. The Balaban J connectivity index is 1.51. The van der Waals surface area contributed by atoms with Gasteiger partial charge in [0.05, 0.1) is 6.42 Å². The molecule has 0 aliphatic carbocycles. The number of aromatic nitrogens is 3. The summed E-state index contributed by atoms with van der Waals surface area (Å²) in [5.74, 6) is -0.231. The van der Waals surface area contributed by atoms with E-state index in [9.17, 15) is 18.0 Å². The predicted octanol–water partition coefficient (Wildman–Crippen LogP) is 4.66. The summed E-state index contributed by atoms with van der Waals surface area (Å²) in [5.41, 5.74) is 1.89. The fourth-order valence-electron chi connectivity index (χ4n) is 2.85. The zero-order valence-electron chi connectivity index (χ0n) is 14.3. The summed E-state index contributed by atoms with van der Waals surface area (Å²) in [6.45, 7) is 0. The van der Waals surface area contributed by atoms with Crippen LogP contribution in [0.4, 0.5) is 19.0 Å². The minimum atomic E-state index is -4.48. The number of pyridine rings is 1. The lowest BCUT2D eigenvalue weighted by Crippen LogP contribution is -2.14. The summed E-state index contributed by atoms with van der Waals surface area (Å²) in [6.07, 6.45) is 0.0429. The third kappa shape index (κ3) is 3.61. The van der Waals surface area contributed by atoms with E-state index in [1.807, 2.05) is 36.4 Å². The van der Waals surface area contributed by atoms with Crippen molar-refractivity contribution >= 4 is 27.9 Å². The third-order valence-electron chi connectivity index (χ3n) is 4.12. The van der Waals surface area contributed by atoms with E-state index >= 15 is 0 Å². The van der Waals surface area contributed by atoms with Gasteiger partial charge in [-0.2, -0.15) is 13.2 Å². The number of rotatable bonds is 4. The maximum atomic E-state index is 13.0. The number of alkyl halides is 3. The molecule has 3 aromatic heterocycles. The number of hydrogen-bond donors (Lipinski definition) is 1. The number of halogens is 3. The third-order valence-corrected chi connectivity index (χ3v) is 5.07. The average molecular weight is 402 g/mol. The molecule has 3 heterocycles. The van der Waals surface area contributed by atoms with Gasteiger partial charge in [-0.25, -0.2) is 4.98 Å². The summed E-state index contributed by atoms with van der Waals surface area (Å²) >= 11 is 0.882. The van der Waals surface area contributed by atoms with E-state index in [2.05, 4.69) is 15.3 Å². The maximum absolute atomic E-state index is 13.0. The molecule has 0 saturated heterocycles. The first kappa shape index (κ1) is 18.2. The number of anilines is 1. The molecule has 4 rings (SSSR count). The number of amides is 1. The van der Waals surface area contributed by atoms with Crippen LogP contribution < -0.4 is 5.32 Å². The SMILES string of the molecule is O=C(Cc1cccc(-c2ccncc2)c1)Nc1ncn2c(C(F)(F)F)csc12. The van der Waals surface area contributed by atoms with Gasteiger partial charge in [-0.3, -0.25) is 14.2 Å². The second-order valence-corrected chi connectivity index (χ2v) is 6.91. The molecule has 1 amide bonds. The number of nitrogens with zero attached hydrogens (tertiary/aromatic N) is 3. The second-order valence-electron chi connectivity index (χ2n) is 6.05.